The largest absolute Gasteiger partial charge is 0.396 e. The SMILES string of the molecule is N#Cc1nc(NCCc2cscn2)ccc1N. The molecule has 0 aliphatic rings. The number of nitrogens with one attached hydrogen (secondary N) is 1. The molecule has 0 unspecified atom stereocenters. The van der Waals surface area contributed by atoms with Gasteiger partial charge in [0.05, 0.1) is 16.9 Å². The van der Waals surface area contributed by atoms with E-state index >= 15 is 0 Å². The predicted octanol–water partition coefficient (Wildman–Crippen LogP) is 1.65. The smallest absolute Gasteiger partial charge is 0.165 e. The highest BCUT2D eigenvalue weighted by molar-refractivity contribution is 7.07. The van der Waals surface area contributed by atoms with Crippen LogP contribution in [0.1, 0.15) is 11.4 Å². The van der Waals surface area contributed by atoms with E-state index in [2.05, 4.69) is 15.3 Å². The van der Waals surface area contributed by atoms with Crippen LogP contribution in [0.25, 0.3) is 0 Å². The van der Waals surface area contributed by atoms with Crippen molar-refractivity contribution in [3.05, 3.63) is 34.4 Å². The summed E-state index contributed by atoms with van der Waals surface area (Å²) in [6.07, 6.45) is 0.831. The minimum atomic E-state index is 0.253. The van der Waals surface area contributed by atoms with E-state index in [9.17, 15) is 0 Å². The van der Waals surface area contributed by atoms with Crippen molar-refractivity contribution in [2.45, 2.75) is 6.42 Å². The highest BCUT2D eigenvalue weighted by Gasteiger charge is 2.01. The molecule has 5 nitrogen and oxygen atoms in total. The maximum absolute atomic E-state index is 8.79. The number of nitrogens with two attached hydrogens (primary N) is 1. The molecule has 0 saturated carbocycles. The minimum absolute atomic E-state index is 0.253. The number of hydrogen-bond donors (Lipinski definition) is 2. The van der Waals surface area contributed by atoms with Crippen molar-refractivity contribution in [1.29, 1.82) is 5.26 Å². The number of nitrogen functional groups attached to an aromatic ring is 1. The summed E-state index contributed by atoms with van der Waals surface area (Å²) in [4.78, 5) is 8.28. The van der Waals surface area contributed by atoms with Crippen molar-refractivity contribution in [3.8, 4) is 6.07 Å². The fraction of sp³-hybridized carbons (Fsp3) is 0.182. The van der Waals surface area contributed by atoms with E-state index in [0.717, 1.165) is 18.7 Å². The van der Waals surface area contributed by atoms with Gasteiger partial charge in [-0.1, -0.05) is 0 Å². The van der Waals surface area contributed by atoms with Crippen LogP contribution < -0.4 is 11.1 Å². The van der Waals surface area contributed by atoms with Gasteiger partial charge in [-0.25, -0.2) is 9.97 Å². The zero-order valence-corrected chi connectivity index (χ0v) is 9.87. The fourth-order valence-corrected chi connectivity index (χ4v) is 1.93. The quantitative estimate of drug-likeness (QED) is 0.855. The first-order chi connectivity index (χ1) is 8.29. The molecule has 2 aromatic rings. The molecule has 6 heteroatoms. The molecule has 0 bridgehead atoms. The van der Waals surface area contributed by atoms with E-state index in [-0.39, 0.29) is 5.69 Å². The number of anilines is 2. The zero-order chi connectivity index (χ0) is 12.1. The van der Waals surface area contributed by atoms with Gasteiger partial charge < -0.3 is 11.1 Å². The van der Waals surface area contributed by atoms with Gasteiger partial charge in [-0.05, 0) is 12.1 Å². The predicted molar refractivity (Wildman–Crippen MR) is 67.7 cm³/mol. The van der Waals surface area contributed by atoms with Gasteiger partial charge in [0, 0.05) is 18.3 Å². The molecule has 2 rings (SSSR count). The van der Waals surface area contributed by atoms with Gasteiger partial charge in [0.1, 0.15) is 11.9 Å². The molecule has 0 aliphatic carbocycles. The van der Waals surface area contributed by atoms with E-state index < -0.39 is 0 Å². The van der Waals surface area contributed by atoms with Gasteiger partial charge in [0.2, 0.25) is 0 Å². The van der Waals surface area contributed by atoms with Crippen LogP contribution in [0.4, 0.5) is 11.5 Å². The molecule has 0 amide bonds. The molecule has 2 aromatic heterocycles. The van der Waals surface area contributed by atoms with Crippen LogP contribution in [-0.2, 0) is 6.42 Å². The van der Waals surface area contributed by atoms with Crippen LogP contribution in [0, 0.1) is 11.3 Å². The van der Waals surface area contributed by atoms with Gasteiger partial charge in [0.25, 0.3) is 0 Å². The van der Waals surface area contributed by atoms with Crippen LogP contribution in [0.15, 0.2) is 23.0 Å². The number of pyridine rings is 1. The lowest BCUT2D eigenvalue weighted by Crippen LogP contribution is -2.07. The Morgan fingerprint density at radius 2 is 2.35 bits per heavy atom. The lowest BCUT2D eigenvalue weighted by Gasteiger charge is -2.05. The zero-order valence-electron chi connectivity index (χ0n) is 9.05. The Hall–Kier alpha value is -2.13. The second-order valence-corrected chi connectivity index (χ2v) is 4.12. The first-order valence-corrected chi connectivity index (χ1v) is 6.01. The van der Waals surface area contributed by atoms with Crippen LogP contribution in [0.3, 0.4) is 0 Å². The second kappa shape index (κ2) is 5.27. The van der Waals surface area contributed by atoms with Gasteiger partial charge in [0.15, 0.2) is 5.69 Å². The summed E-state index contributed by atoms with van der Waals surface area (Å²) in [6, 6.07) is 5.39. The Morgan fingerprint density at radius 3 is 3.06 bits per heavy atom. The van der Waals surface area contributed by atoms with E-state index in [0.29, 0.717) is 11.5 Å². The maximum Gasteiger partial charge on any atom is 0.165 e. The third kappa shape index (κ3) is 2.92. The molecular formula is C11H11N5S. The van der Waals surface area contributed by atoms with Crippen molar-refractivity contribution in [1.82, 2.24) is 9.97 Å². The Bertz CT molecular complexity index is 529. The normalized spacial score (nSPS) is 9.82. The highest BCUT2D eigenvalue weighted by Crippen LogP contribution is 2.12. The van der Waals surface area contributed by atoms with E-state index in [4.69, 9.17) is 11.0 Å². The molecular weight excluding hydrogens is 234 g/mol. The molecule has 0 saturated heterocycles. The third-order valence-corrected chi connectivity index (χ3v) is 2.84. The van der Waals surface area contributed by atoms with Crippen molar-refractivity contribution in [2.24, 2.45) is 0 Å². The Labute approximate surface area is 103 Å². The summed E-state index contributed by atoms with van der Waals surface area (Å²) >= 11 is 1.58. The van der Waals surface area contributed by atoms with Crippen molar-refractivity contribution in [3.63, 3.8) is 0 Å². The first-order valence-electron chi connectivity index (χ1n) is 5.07. The lowest BCUT2D eigenvalue weighted by molar-refractivity contribution is 0.967. The molecule has 0 radical (unpaired) electrons. The van der Waals surface area contributed by atoms with E-state index in [1.165, 1.54) is 0 Å². The topological polar surface area (TPSA) is 87.6 Å². The highest BCUT2D eigenvalue weighted by atomic mass is 32.1. The van der Waals surface area contributed by atoms with Crippen molar-refractivity contribution in [2.75, 3.05) is 17.6 Å². The summed E-state index contributed by atoms with van der Waals surface area (Å²) in [5.74, 6) is 0.658. The van der Waals surface area contributed by atoms with E-state index in [1.807, 2.05) is 17.0 Å². The number of thiazole rings is 1. The number of rotatable bonds is 4. The fourth-order valence-electron chi connectivity index (χ4n) is 1.34. The van der Waals surface area contributed by atoms with Crippen molar-refractivity contribution < 1.29 is 0 Å². The molecule has 0 aliphatic heterocycles. The van der Waals surface area contributed by atoms with Gasteiger partial charge in [-0.3, -0.25) is 0 Å². The number of nitriles is 1. The summed E-state index contributed by atoms with van der Waals surface area (Å²) in [7, 11) is 0. The van der Waals surface area contributed by atoms with Crippen molar-refractivity contribution >= 4 is 22.8 Å². The van der Waals surface area contributed by atoms with Gasteiger partial charge >= 0.3 is 0 Å². The molecule has 2 heterocycles. The number of hydrogen-bond acceptors (Lipinski definition) is 6. The van der Waals surface area contributed by atoms with Crippen LogP contribution in [0.2, 0.25) is 0 Å². The third-order valence-electron chi connectivity index (χ3n) is 2.20. The Kier molecular flexibility index (Phi) is 3.52. The molecule has 86 valence electrons. The first kappa shape index (κ1) is 11.4. The molecule has 17 heavy (non-hydrogen) atoms. The summed E-state index contributed by atoms with van der Waals surface area (Å²) in [6.45, 7) is 0.728. The molecule has 3 N–H and O–H groups in total. The molecule has 0 atom stereocenters. The minimum Gasteiger partial charge on any atom is -0.396 e. The molecule has 0 aromatic carbocycles. The molecule has 0 fully saturated rings. The van der Waals surface area contributed by atoms with Crippen LogP contribution in [0.5, 0.6) is 0 Å². The monoisotopic (exact) mass is 245 g/mol. The Balaban J connectivity index is 1.93. The lowest BCUT2D eigenvalue weighted by atomic mass is 10.3. The second-order valence-electron chi connectivity index (χ2n) is 3.40. The van der Waals surface area contributed by atoms with Crippen LogP contribution in [-0.4, -0.2) is 16.5 Å². The number of nitrogens with zero attached hydrogens (tertiary/aromatic N) is 3. The Morgan fingerprint density at radius 1 is 1.47 bits per heavy atom. The van der Waals surface area contributed by atoms with Gasteiger partial charge in [-0.15, -0.1) is 11.3 Å². The van der Waals surface area contributed by atoms with Crippen LogP contribution >= 0.6 is 11.3 Å². The average molecular weight is 245 g/mol. The number of aromatic nitrogens is 2. The average Bonchev–Trinajstić information content (AvgIpc) is 2.84. The molecule has 0 spiro atoms. The summed E-state index contributed by atoms with van der Waals surface area (Å²) in [5, 5.41) is 13.9. The van der Waals surface area contributed by atoms with E-state index in [1.54, 1.807) is 23.5 Å². The van der Waals surface area contributed by atoms with Gasteiger partial charge in [-0.2, -0.15) is 5.26 Å². The summed E-state index contributed by atoms with van der Waals surface area (Å²) < 4.78 is 0. The standard InChI is InChI=1S/C11H11N5S/c12-5-10-9(13)1-2-11(16-10)14-4-3-8-6-17-7-15-8/h1-2,6-7H,3-4,13H2,(H,14,16). The maximum atomic E-state index is 8.79. The summed E-state index contributed by atoms with van der Waals surface area (Å²) in [5.41, 5.74) is 9.10.